The number of guanidine groups is 1. The number of hydrogen-bond acceptors (Lipinski definition) is 3. The van der Waals surface area contributed by atoms with E-state index in [9.17, 15) is 5.11 Å². The molecule has 0 aromatic heterocycles. The zero-order chi connectivity index (χ0) is 14.2. The highest BCUT2D eigenvalue weighted by atomic mass is 127. The van der Waals surface area contributed by atoms with E-state index in [0.29, 0.717) is 19.7 Å². The van der Waals surface area contributed by atoms with E-state index in [0.717, 1.165) is 31.2 Å². The van der Waals surface area contributed by atoms with Crippen molar-refractivity contribution < 1.29 is 9.84 Å². The molecule has 0 radical (unpaired) electrons. The minimum Gasteiger partial charge on any atom is -0.492 e. The number of benzene rings is 1. The third-order valence-corrected chi connectivity index (χ3v) is 3.16. The van der Waals surface area contributed by atoms with Crippen molar-refractivity contribution in [1.29, 1.82) is 0 Å². The molecule has 0 bridgehead atoms. The first-order valence-electron chi connectivity index (χ1n) is 7.18. The van der Waals surface area contributed by atoms with Gasteiger partial charge in [-0.2, -0.15) is 0 Å². The molecule has 1 saturated heterocycles. The number of aliphatic hydroxyl groups is 1. The highest BCUT2D eigenvalue weighted by molar-refractivity contribution is 14.0. The summed E-state index contributed by atoms with van der Waals surface area (Å²) >= 11 is 0. The molecule has 0 aliphatic carbocycles. The van der Waals surface area contributed by atoms with Gasteiger partial charge in [-0.1, -0.05) is 18.2 Å². The van der Waals surface area contributed by atoms with E-state index >= 15 is 0 Å². The number of para-hydroxylation sites is 1. The molecular formula is C15H24IN3O2. The summed E-state index contributed by atoms with van der Waals surface area (Å²) in [6.07, 6.45) is 0.574. The van der Waals surface area contributed by atoms with Gasteiger partial charge < -0.3 is 20.1 Å². The fourth-order valence-corrected chi connectivity index (χ4v) is 2.19. The Morgan fingerprint density at radius 1 is 1.43 bits per heavy atom. The van der Waals surface area contributed by atoms with Gasteiger partial charge in [0.15, 0.2) is 5.96 Å². The second-order valence-electron chi connectivity index (χ2n) is 4.79. The molecule has 5 nitrogen and oxygen atoms in total. The second-order valence-corrected chi connectivity index (χ2v) is 4.79. The van der Waals surface area contributed by atoms with Gasteiger partial charge in [-0.15, -0.1) is 24.0 Å². The van der Waals surface area contributed by atoms with Crippen LogP contribution in [0.4, 0.5) is 0 Å². The predicted octanol–water partition coefficient (Wildman–Crippen LogP) is 1.72. The van der Waals surface area contributed by atoms with Crippen LogP contribution in [0.1, 0.15) is 13.3 Å². The van der Waals surface area contributed by atoms with E-state index in [-0.39, 0.29) is 30.1 Å². The van der Waals surface area contributed by atoms with Crippen molar-refractivity contribution in [3.05, 3.63) is 30.3 Å². The van der Waals surface area contributed by atoms with E-state index in [1.54, 1.807) is 0 Å². The van der Waals surface area contributed by atoms with Crippen LogP contribution in [0.3, 0.4) is 0 Å². The molecule has 0 spiro atoms. The number of nitrogens with one attached hydrogen (secondary N) is 1. The zero-order valence-corrected chi connectivity index (χ0v) is 14.7. The molecule has 0 unspecified atom stereocenters. The first-order valence-corrected chi connectivity index (χ1v) is 7.18. The maximum Gasteiger partial charge on any atom is 0.194 e. The molecule has 0 saturated carbocycles. The third kappa shape index (κ3) is 6.09. The first-order chi connectivity index (χ1) is 9.79. The van der Waals surface area contributed by atoms with Crippen LogP contribution in [0.15, 0.2) is 35.3 Å². The lowest BCUT2D eigenvalue weighted by Gasteiger charge is -2.20. The van der Waals surface area contributed by atoms with E-state index < -0.39 is 0 Å². The van der Waals surface area contributed by atoms with Crippen LogP contribution >= 0.6 is 24.0 Å². The molecule has 1 aliphatic heterocycles. The van der Waals surface area contributed by atoms with E-state index in [1.807, 2.05) is 37.3 Å². The topological polar surface area (TPSA) is 57.1 Å². The van der Waals surface area contributed by atoms with Gasteiger partial charge in [0.2, 0.25) is 0 Å². The van der Waals surface area contributed by atoms with Gasteiger partial charge in [-0.25, -0.2) is 4.99 Å². The Morgan fingerprint density at radius 3 is 2.81 bits per heavy atom. The normalized spacial score (nSPS) is 18.3. The zero-order valence-electron chi connectivity index (χ0n) is 12.4. The van der Waals surface area contributed by atoms with Crippen molar-refractivity contribution in [2.45, 2.75) is 19.4 Å². The number of nitrogens with zero attached hydrogens (tertiary/aromatic N) is 2. The maximum atomic E-state index is 9.59. The molecule has 1 heterocycles. The Labute approximate surface area is 143 Å². The first kappa shape index (κ1) is 18.0. The molecule has 0 amide bonds. The number of aliphatic imine (C=N–C) groups is 1. The summed E-state index contributed by atoms with van der Waals surface area (Å²) in [7, 11) is 0. The quantitative estimate of drug-likeness (QED) is 0.339. The maximum absolute atomic E-state index is 9.59. The number of rotatable bonds is 5. The number of β-amino-alcohol motifs (C(OH)–C–C–N with tert-alkyl or cyclic N) is 1. The van der Waals surface area contributed by atoms with Crippen LogP contribution in [0, 0.1) is 0 Å². The minimum atomic E-state index is -0.237. The molecule has 2 rings (SSSR count). The van der Waals surface area contributed by atoms with Crippen molar-refractivity contribution in [1.82, 2.24) is 10.2 Å². The average molecular weight is 405 g/mol. The van der Waals surface area contributed by atoms with Gasteiger partial charge in [-0.05, 0) is 25.5 Å². The molecule has 118 valence electrons. The van der Waals surface area contributed by atoms with Gasteiger partial charge >= 0.3 is 0 Å². The highest BCUT2D eigenvalue weighted by Crippen LogP contribution is 2.09. The third-order valence-electron chi connectivity index (χ3n) is 3.16. The van der Waals surface area contributed by atoms with Crippen LogP contribution < -0.4 is 10.1 Å². The molecular weight excluding hydrogens is 381 g/mol. The Kier molecular flexibility index (Phi) is 8.44. The number of halogens is 1. The minimum absolute atomic E-state index is 0. The largest absolute Gasteiger partial charge is 0.492 e. The molecule has 1 atom stereocenters. The molecule has 1 aromatic rings. The predicted molar refractivity (Wildman–Crippen MR) is 95.5 cm³/mol. The molecule has 6 heteroatoms. The van der Waals surface area contributed by atoms with E-state index in [4.69, 9.17) is 4.74 Å². The Balaban J connectivity index is 0.00000220. The monoisotopic (exact) mass is 405 g/mol. The molecule has 21 heavy (non-hydrogen) atoms. The summed E-state index contributed by atoms with van der Waals surface area (Å²) in [4.78, 5) is 6.63. The fraction of sp³-hybridized carbons (Fsp3) is 0.533. The smallest absolute Gasteiger partial charge is 0.194 e. The number of aliphatic hydroxyl groups excluding tert-OH is 1. The SMILES string of the molecule is CCNC(=NCCOc1ccccc1)N1CC[C@@H](O)C1.I. The number of ether oxygens (including phenoxy) is 1. The fourth-order valence-electron chi connectivity index (χ4n) is 2.19. The van der Waals surface area contributed by atoms with Gasteiger partial charge in [0.25, 0.3) is 0 Å². The molecule has 1 aliphatic rings. The summed E-state index contributed by atoms with van der Waals surface area (Å²) in [6.45, 7) is 5.53. The highest BCUT2D eigenvalue weighted by Gasteiger charge is 2.22. The standard InChI is InChI=1S/C15H23N3O2.HI/c1-2-16-15(18-10-8-13(19)12-18)17-9-11-20-14-6-4-3-5-7-14;/h3-7,13,19H,2,8-12H2,1H3,(H,16,17);1H/t13-;/m1./s1. The Bertz CT molecular complexity index is 428. The van der Waals surface area contributed by atoms with Crippen LogP contribution in [-0.2, 0) is 0 Å². The Hall–Kier alpha value is -1.02. The van der Waals surface area contributed by atoms with Gasteiger partial charge in [0.1, 0.15) is 12.4 Å². The summed E-state index contributed by atoms with van der Waals surface area (Å²) in [5.41, 5.74) is 0. The lowest BCUT2D eigenvalue weighted by Crippen LogP contribution is -2.40. The second kappa shape index (κ2) is 9.83. The summed E-state index contributed by atoms with van der Waals surface area (Å²) < 4.78 is 5.62. The van der Waals surface area contributed by atoms with Gasteiger partial charge in [0, 0.05) is 19.6 Å². The molecule has 2 N–H and O–H groups in total. The van der Waals surface area contributed by atoms with Crippen molar-refractivity contribution in [3.8, 4) is 5.75 Å². The van der Waals surface area contributed by atoms with E-state index in [1.165, 1.54) is 0 Å². The van der Waals surface area contributed by atoms with Crippen molar-refractivity contribution >= 4 is 29.9 Å². The number of likely N-dealkylation sites (tertiary alicyclic amines) is 1. The summed E-state index contributed by atoms with van der Waals surface area (Å²) in [6, 6.07) is 9.74. The van der Waals surface area contributed by atoms with Crippen LogP contribution in [-0.4, -0.2) is 54.9 Å². The van der Waals surface area contributed by atoms with Crippen molar-refractivity contribution in [2.24, 2.45) is 4.99 Å². The number of hydrogen-bond donors (Lipinski definition) is 2. The lowest BCUT2D eigenvalue weighted by molar-refractivity contribution is 0.187. The molecule has 1 aromatic carbocycles. The van der Waals surface area contributed by atoms with Crippen LogP contribution in [0.25, 0.3) is 0 Å². The average Bonchev–Trinajstić information content (AvgIpc) is 2.90. The lowest BCUT2D eigenvalue weighted by atomic mass is 10.3. The van der Waals surface area contributed by atoms with Crippen molar-refractivity contribution in [3.63, 3.8) is 0 Å². The molecule has 1 fully saturated rings. The van der Waals surface area contributed by atoms with Gasteiger partial charge in [-0.3, -0.25) is 0 Å². The van der Waals surface area contributed by atoms with Crippen LogP contribution in [0.2, 0.25) is 0 Å². The van der Waals surface area contributed by atoms with Crippen molar-refractivity contribution in [2.75, 3.05) is 32.8 Å². The Morgan fingerprint density at radius 2 is 2.19 bits per heavy atom. The summed E-state index contributed by atoms with van der Waals surface area (Å²) in [5.74, 6) is 1.73. The summed E-state index contributed by atoms with van der Waals surface area (Å²) in [5, 5.41) is 12.8. The van der Waals surface area contributed by atoms with E-state index in [2.05, 4.69) is 15.2 Å². The van der Waals surface area contributed by atoms with Gasteiger partial charge in [0.05, 0.1) is 12.6 Å². The van der Waals surface area contributed by atoms with Crippen LogP contribution in [0.5, 0.6) is 5.75 Å².